The number of benzene rings is 2. The van der Waals surface area contributed by atoms with Crippen molar-refractivity contribution in [2.24, 2.45) is 0 Å². The molecule has 0 radical (unpaired) electrons. The molecule has 2 amide bonds. The van der Waals surface area contributed by atoms with Crippen LogP contribution in [0.3, 0.4) is 0 Å². The van der Waals surface area contributed by atoms with E-state index in [1.165, 1.54) is 50.2 Å². The van der Waals surface area contributed by atoms with Crippen molar-refractivity contribution in [1.29, 1.82) is 0 Å². The highest BCUT2D eigenvalue weighted by molar-refractivity contribution is 7.87. The van der Waals surface area contributed by atoms with Crippen LogP contribution >= 0.6 is 11.6 Å². The van der Waals surface area contributed by atoms with Gasteiger partial charge in [0, 0.05) is 42.7 Å². The first-order valence-electron chi connectivity index (χ1n) is 9.03. The summed E-state index contributed by atoms with van der Waals surface area (Å²) < 4.78 is 30.8. The molecule has 0 aromatic heterocycles. The third-order valence-corrected chi connectivity index (χ3v) is 5.90. The molecule has 1 aliphatic rings. The molecule has 154 valence electrons. The van der Waals surface area contributed by atoms with Crippen LogP contribution in [0.1, 0.15) is 32.3 Å². The Labute approximate surface area is 174 Å². The fourth-order valence-corrected chi connectivity index (χ4v) is 4.05. The van der Waals surface area contributed by atoms with Gasteiger partial charge in [-0.25, -0.2) is 0 Å². The number of carbonyl (C=O) groups is 2. The van der Waals surface area contributed by atoms with Crippen molar-refractivity contribution < 1.29 is 22.2 Å². The molecule has 1 N–H and O–H groups in total. The van der Waals surface area contributed by atoms with Crippen molar-refractivity contribution in [3.63, 3.8) is 0 Å². The summed E-state index contributed by atoms with van der Waals surface area (Å²) in [6.07, 6.45) is 1.85. The van der Waals surface area contributed by atoms with E-state index >= 15 is 0 Å². The highest BCUT2D eigenvalue weighted by Gasteiger charge is 2.31. The Kier molecular flexibility index (Phi) is 6.14. The van der Waals surface area contributed by atoms with Gasteiger partial charge in [-0.15, -0.1) is 0 Å². The third kappa shape index (κ3) is 5.48. The second-order valence-electron chi connectivity index (χ2n) is 6.87. The van der Waals surface area contributed by atoms with E-state index in [4.69, 9.17) is 15.8 Å². The lowest BCUT2D eigenvalue weighted by molar-refractivity contribution is -0.130. The van der Waals surface area contributed by atoms with Gasteiger partial charge in [-0.05, 0) is 55.3 Å². The van der Waals surface area contributed by atoms with Crippen LogP contribution in [0.15, 0.2) is 47.4 Å². The molecule has 1 saturated carbocycles. The molecule has 0 unspecified atom stereocenters. The summed E-state index contributed by atoms with van der Waals surface area (Å²) in [6, 6.07) is 10.4. The lowest BCUT2D eigenvalue weighted by Gasteiger charge is -2.22. The molecular formula is C20H21ClN2O5S. The predicted octanol–water partition coefficient (Wildman–Crippen LogP) is 3.58. The maximum atomic E-state index is 12.7. The van der Waals surface area contributed by atoms with Crippen molar-refractivity contribution >= 4 is 39.2 Å². The first-order valence-corrected chi connectivity index (χ1v) is 10.8. The Hall–Kier alpha value is -2.58. The maximum absolute atomic E-state index is 12.7. The van der Waals surface area contributed by atoms with Crippen LogP contribution in [0.5, 0.6) is 5.75 Å². The van der Waals surface area contributed by atoms with Gasteiger partial charge < -0.3 is 14.4 Å². The van der Waals surface area contributed by atoms with Gasteiger partial charge in [-0.1, -0.05) is 11.6 Å². The van der Waals surface area contributed by atoms with E-state index in [0.717, 1.165) is 12.8 Å². The van der Waals surface area contributed by atoms with E-state index in [1.807, 2.05) is 0 Å². The molecule has 3 rings (SSSR count). The standard InChI is InChI=1S/C20H21ClN2O5S/c1-13(24)22-17-4-8-19(9-5-17)29(26,27)28-20-10-3-16(21)11-15(20)12-23(14(2)25)18-6-7-18/h3-5,8-11,18H,6-7,12H2,1-2H3,(H,22,24). The third-order valence-electron chi connectivity index (χ3n) is 4.42. The molecule has 7 nitrogen and oxygen atoms in total. The highest BCUT2D eigenvalue weighted by Crippen LogP contribution is 2.32. The van der Waals surface area contributed by atoms with Crippen LogP contribution in [-0.2, 0) is 26.3 Å². The second-order valence-corrected chi connectivity index (χ2v) is 8.86. The number of carbonyl (C=O) groups excluding carboxylic acids is 2. The zero-order valence-corrected chi connectivity index (χ0v) is 17.6. The normalized spacial score (nSPS) is 13.6. The summed E-state index contributed by atoms with van der Waals surface area (Å²) in [5, 5.41) is 2.99. The van der Waals surface area contributed by atoms with Crippen LogP contribution in [0, 0.1) is 0 Å². The largest absolute Gasteiger partial charge is 0.379 e. The fraction of sp³-hybridized carbons (Fsp3) is 0.300. The first kappa shape index (κ1) is 21.1. The zero-order valence-electron chi connectivity index (χ0n) is 16.0. The molecule has 9 heteroatoms. The quantitative estimate of drug-likeness (QED) is 0.669. The summed E-state index contributed by atoms with van der Waals surface area (Å²) in [6.45, 7) is 3.06. The number of anilines is 1. The van der Waals surface area contributed by atoms with Crippen LogP contribution in [0.4, 0.5) is 5.69 Å². The van der Waals surface area contributed by atoms with Gasteiger partial charge in [0.1, 0.15) is 10.6 Å². The van der Waals surface area contributed by atoms with Gasteiger partial charge in [0.05, 0.1) is 0 Å². The number of nitrogens with zero attached hydrogens (tertiary/aromatic N) is 1. The molecule has 0 atom stereocenters. The SMILES string of the molecule is CC(=O)Nc1ccc(S(=O)(=O)Oc2ccc(Cl)cc2CN(C(C)=O)C2CC2)cc1. The number of halogens is 1. The lowest BCUT2D eigenvalue weighted by Crippen LogP contribution is -2.30. The zero-order chi connectivity index (χ0) is 21.2. The summed E-state index contributed by atoms with van der Waals surface area (Å²) in [5.74, 6) is -0.226. The predicted molar refractivity (Wildman–Crippen MR) is 109 cm³/mol. The average molecular weight is 437 g/mol. The molecular weight excluding hydrogens is 416 g/mol. The van der Waals surface area contributed by atoms with Crippen LogP contribution in [-0.4, -0.2) is 31.2 Å². The molecule has 1 fully saturated rings. The van der Waals surface area contributed by atoms with E-state index in [2.05, 4.69) is 5.32 Å². The van der Waals surface area contributed by atoms with Crippen LogP contribution < -0.4 is 9.50 Å². The Morgan fingerprint density at radius 2 is 1.79 bits per heavy atom. The topological polar surface area (TPSA) is 92.8 Å². The van der Waals surface area contributed by atoms with Crippen molar-refractivity contribution in [2.75, 3.05) is 5.32 Å². The Bertz CT molecular complexity index is 1030. The first-order chi connectivity index (χ1) is 13.7. The minimum absolute atomic E-state index is 0.0573. The van der Waals surface area contributed by atoms with Crippen molar-refractivity contribution in [2.45, 2.75) is 44.2 Å². The molecule has 0 aliphatic heterocycles. The summed E-state index contributed by atoms with van der Waals surface area (Å²) in [5.41, 5.74) is 0.989. The Morgan fingerprint density at radius 1 is 1.14 bits per heavy atom. The van der Waals surface area contributed by atoms with Crippen LogP contribution in [0.25, 0.3) is 0 Å². The molecule has 2 aromatic carbocycles. The Morgan fingerprint density at radius 3 is 2.34 bits per heavy atom. The number of amides is 2. The second kappa shape index (κ2) is 8.42. The highest BCUT2D eigenvalue weighted by atomic mass is 35.5. The molecule has 2 aromatic rings. The van der Waals surface area contributed by atoms with E-state index in [0.29, 0.717) is 16.3 Å². The molecule has 0 bridgehead atoms. The van der Waals surface area contributed by atoms with Gasteiger partial charge in [0.25, 0.3) is 0 Å². The minimum atomic E-state index is -4.11. The van der Waals surface area contributed by atoms with Gasteiger partial charge >= 0.3 is 10.1 Å². The summed E-state index contributed by atoms with van der Waals surface area (Å²) in [7, 11) is -4.11. The van der Waals surface area contributed by atoms with Crippen molar-refractivity contribution in [3.05, 3.63) is 53.1 Å². The lowest BCUT2D eigenvalue weighted by atomic mass is 10.2. The summed E-state index contributed by atoms with van der Waals surface area (Å²) >= 11 is 6.08. The van der Waals surface area contributed by atoms with Crippen molar-refractivity contribution in [3.8, 4) is 5.75 Å². The number of nitrogens with one attached hydrogen (secondary N) is 1. The molecule has 1 aliphatic carbocycles. The maximum Gasteiger partial charge on any atom is 0.339 e. The minimum Gasteiger partial charge on any atom is -0.379 e. The van der Waals surface area contributed by atoms with E-state index in [1.54, 1.807) is 11.0 Å². The fourth-order valence-electron chi connectivity index (χ4n) is 2.89. The Balaban J connectivity index is 1.84. The molecule has 0 spiro atoms. The number of rotatable bonds is 7. The van der Waals surface area contributed by atoms with E-state index < -0.39 is 10.1 Å². The van der Waals surface area contributed by atoms with Crippen molar-refractivity contribution in [1.82, 2.24) is 4.90 Å². The number of hydrogen-bond donors (Lipinski definition) is 1. The van der Waals surface area contributed by atoms with Gasteiger partial charge in [0.15, 0.2) is 0 Å². The average Bonchev–Trinajstić information content (AvgIpc) is 3.46. The smallest absolute Gasteiger partial charge is 0.339 e. The molecule has 0 heterocycles. The summed E-state index contributed by atoms with van der Waals surface area (Å²) in [4.78, 5) is 24.7. The monoisotopic (exact) mass is 436 g/mol. The van der Waals surface area contributed by atoms with Gasteiger partial charge in [-0.2, -0.15) is 8.42 Å². The van der Waals surface area contributed by atoms with Crippen LogP contribution in [0.2, 0.25) is 5.02 Å². The molecule has 29 heavy (non-hydrogen) atoms. The number of hydrogen-bond acceptors (Lipinski definition) is 5. The van der Waals surface area contributed by atoms with E-state index in [-0.39, 0.29) is 35.0 Å². The molecule has 0 saturated heterocycles. The van der Waals surface area contributed by atoms with E-state index in [9.17, 15) is 18.0 Å². The van der Waals surface area contributed by atoms with Gasteiger partial charge in [0.2, 0.25) is 11.8 Å². The van der Waals surface area contributed by atoms with Gasteiger partial charge in [-0.3, -0.25) is 9.59 Å².